The van der Waals surface area contributed by atoms with E-state index >= 15 is 0 Å². The summed E-state index contributed by atoms with van der Waals surface area (Å²) in [5.74, 6) is 0.232. The number of hydrogen-bond donors (Lipinski definition) is 1. The lowest BCUT2D eigenvalue weighted by Gasteiger charge is -2.08. The molecule has 88 valence electrons. The van der Waals surface area contributed by atoms with Crippen molar-refractivity contribution in [3.8, 4) is 17.0 Å². The van der Waals surface area contributed by atoms with Gasteiger partial charge in [-0.3, -0.25) is 4.98 Å². The summed E-state index contributed by atoms with van der Waals surface area (Å²) in [5, 5.41) is 10.8. The van der Waals surface area contributed by atoms with Crippen LogP contribution >= 0.6 is 0 Å². The number of hydrogen-bond acceptors (Lipinski definition) is 4. The summed E-state index contributed by atoms with van der Waals surface area (Å²) in [5.41, 5.74) is 3.27. The van der Waals surface area contributed by atoms with E-state index in [1.165, 1.54) is 6.33 Å². The molecule has 0 amide bonds. The molecule has 0 bridgehead atoms. The van der Waals surface area contributed by atoms with Crippen LogP contribution in [0.5, 0.6) is 5.75 Å². The van der Waals surface area contributed by atoms with Gasteiger partial charge in [-0.25, -0.2) is 9.97 Å². The third-order valence-electron chi connectivity index (χ3n) is 2.90. The van der Waals surface area contributed by atoms with Crippen LogP contribution in [0.1, 0.15) is 5.56 Å². The molecular formula is C14H11N3O. The second-order valence-electron chi connectivity index (χ2n) is 4.12. The number of aromatic nitrogens is 3. The van der Waals surface area contributed by atoms with Crippen molar-refractivity contribution in [1.29, 1.82) is 0 Å². The molecule has 0 saturated carbocycles. The Morgan fingerprint density at radius 2 is 2.00 bits per heavy atom. The lowest BCUT2D eigenvalue weighted by Crippen LogP contribution is -1.90. The van der Waals surface area contributed by atoms with Crippen LogP contribution in [0.2, 0.25) is 0 Å². The van der Waals surface area contributed by atoms with E-state index in [1.807, 2.05) is 25.1 Å². The highest BCUT2D eigenvalue weighted by Gasteiger charge is 2.09. The average molecular weight is 237 g/mol. The molecule has 0 aliphatic rings. The van der Waals surface area contributed by atoms with Gasteiger partial charge in [-0.05, 0) is 24.6 Å². The van der Waals surface area contributed by atoms with Crippen LogP contribution in [0.15, 0.2) is 43.0 Å². The predicted molar refractivity (Wildman–Crippen MR) is 69.2 cm³/mol. The van der Waals surface area contributed by atoms with Gasteiger partial charge in [0.25, 0.3) is 0 Å². The number of aromatic hydroxyl groups is 1. The Labute approximate surface area is 104 Å². The van der Waals surface area contributed by atoms with Crippen molar-refractivity contribution < 1.29 is 5.11 Å². The topological polar surface area (TPSA) is 58.9 Å². The van der Waals surface area contributed by atoms with Crippen molar-refractivity contribution in [2.45, 2.75) is 6.92 Å². The third kappa shape index (κ3) is 1.68. The van der Waals surface area contributed by atoms with Gasteiger partial charge in [0.05, 0.1) is 11.2 Å². The zero-order valence-corrected chi connectivity index (χ0v) is 9.83. The average Bonchev–Trinajstić information content (AvgIpc) is 2.38. The van der Waals surface area contributed by atoms with E-state index in [0.717, 1.165) is 27.7 Å². The summed E-state index contributed by atoms with van der Waals surface area (Å²) in [4.78, 5) is 12.5. The van der Waals surface area contributed by atoms with Crippen LogP contribution in [-0.2, 0) is 0 Å². The number of pyridine rings is 1. The standard InChI is InChI=1S/C14H11N3O/c1-9-3-2-4-13(18)14(9)12-5-11-10(7-16-12)6-15-8-17-11/h2-8,18H,1H3. The zero-order valence-electron chi connectivity index (χ0n) is 9.83. The summed E-state index contributed by atoms with van der Waals surface area (Å²) in [6.07, 6.45) is 4.94. The Bertz CT molecular complexity index is 705. The summed E-state index contributed by atoms with van der Waals surface area (Å²) in [6, 6.07) is 7.28. The molecule has 2 heterocycles. The van der Waals surface area contributed by atoms with Crippen LogP contribution in [0.4, 0.5) is 0 Å². The minimum absolute atomic E-state index is 0.232. The van der Waals surface area contributed by atoms with Gasteiger partial charge in [0, 0.05) is 23.3 Å². The van der Waals surface area contributed by atoms with Crippen LogP contribution in [0.3, 0.4) is 0 Å². The maximum absolute atomic E-state index is 9.94. The van der Waals surface area contributed by atoms with Gasteiger partial charge >= 0.3 is 0 Å². The molecule has 0 fully saturated rings. The van der Waals surface area contributed by atoms with Gasteiger partial charge in [0.2, 0.25) is 0 Å². The van der Waals surface area contributed by atoms with E-state index in [1.54, 1.807) is 18.5 Å². The Balaban J connectivity index is 2.26. The molecule has 18 heavy (non-hydrogen) atoms. The number of fused-ring (bicyclic) bond motifs is 1. The number of rotatable bonds is 1. The van der Waals surface area contributed by atoms with Crippen molar-refractivity contribution >= 4 is 10.9 Å². The first-order valence-electron chi connectivity index (χ1n) is 5.60. The van der Waals surface area contributed by atoms with Gasteiger partial charge in [-0.1, -0.05) is 12.1 Å². The lowest BCUT2D eigenvalue weighted by molar-refractivity contribution is 0.477. The van der Waals surface area contributed by atoms with Crippen LogP contribution in [0, 0.1) is 6.92 Å². The SMILES string of the molecule is Cc1cccc(O)c1-c1cc2ncncc2cn1. The van der Waals surface area contributed by atoms with Crippen molar-refractivity contribution in [2.75, 3.05) is 0 Å². The molecule has 1 aromatic carbocycles. The molecule has 2 aromatic heterocycles. The normalized spacial score (nSPS) is 10.7. The molecule has 0 atom stereocenters. The molecule has 0 aliphatic carbocycles. The maximum Gasteiger partial charge on any atom is 0.125 e. The molecule has 0 radical (unpaired) electrons. The molecule has 0 saturated heterocycles. The van der Waals surface area contributed by atoms with Gasteiger partial charge in [0.1, 0.15) is 12.1 Å². The fourth-order valence-corrected chi connectivity index (χ4v) is 2.00. The van der Waals surface area contributed by atoms with Crippen molar-refractivity contribution in [2.24, 2.45) is 0 Å². The van der Waals surface area contributed by atoms with E-state index < -0.39 is 0 Å². The highest BCUT2D eigenvalue weighted by Crippen LogP contribution is 2.31. The number of benzene rings is 1. The van der Waals surface area contributed by atoms with Crippen molar-refractivity contribution in [3.63, 3.8) is 0 Å². The molecule has 1 N–H and O–H groups in total. The molecule has 0 aliphatic heterocycles. The number of phenolic OH excluding ortho intramolecular Hbond substituents is 1. The summed E-state index contributed by atoms with van der Waals surface area (Å²) < 4.78 is 0. The third-order valence-corrected chi connectivity index (χ3v) is 2.90. The first-order chi connectivity index (χ1) is 8.75. The van der Waals surface area contributed by atoms with Crippen LogP contribution < -0.4 is 0 Å². The number of nitrogens with zero attached hydrogens (tertiary/aromatic N) is 3. The first kappa shape index (κ1) is 10.7. The van der Waals surface area contributed by atoms with E-state index in [2.05, 4.69) is 15.0 Å². The smallest absolute Gasteiger partial charge is 0.125 e. The molecule has 4 heteroatoms. The fraction of sp³-hybridized carbons (Fsp3) is 0.0714. The Hall–Kier alpha value is -2.49. The molecular weight excluding hydrogens is 226 g/mol. The number of phenols is 1. The highest BCUT2D eigenvalue weighted by molar-refractivity contribution is 5.82. The van der Waals surface area contributed by atoms with Crippen LogP contribution in [-0.4, -0.2) is 20.1 Å². The fourth-order valence-electron chi connectivity index (χ4n) is 2.00. The first-order valence-corrected chi connectivity index (χ1v) is 5.60. The Morgan fingerprint density at radius 3 is 2.83 bits per heavy atom. The lowest BCUT2D eigenvalue weighted by atomic mass is 10.0. The summed E-state index contributed by atoms with van der Waals surface area (Å²) >= 11 is 0. The monoisotopic (exact) mass is 237 g/mol. The minimum Gasteiger partial charge on any atom is -0.507 e. The summed E-state index contributed by atoms with van der Waals surface area (Å²) in [6.45, 7) is 1.95. The van der Waals surface area contributed by atoms with E-state index in [-0.39, 0.29) is 5.75 Å². The van der Waals surface area contributed by atoms with Crippen molar-refractivity contribution in [1.82, 2.24) is 15.0 Å². The molecule has 0 spiro atoms. The Kier molecular flexibility index (Phi) is 2.41. The van der Waals surface area contributed by atoms with Gasteiger partial charge < -0.3 is 5.11 Å². The number of aryl methyl sites for hydroxylation is 1. The highest BCUT2D eigenvalue weighted by atomic mass is 16.3. The molecule has 3 aromatic rings. The van der Waals surface area contributed by atoms with Crippen LogP contribution in [0.25, 0.3) is 22.2 Å². The Morgan fingerprint density at radius 1 is 1.11 bits per heavy atom. The van der Waals surface area contributed by atoms with Gasteiger partial charge in [0.15, 0.2) is 0 Å². The zero-order chi connectivity index (χ0) is 12.5. The molecule has 3 rings (SSSR count). The van der Waals surface area contributed by atoms with Gasteiger partial charge in [-0.2, -0.15) is 0 Å². The summed E-state index contributed by atoms with van der Waals surface area (Å²) in [7, 11) is 0. The predicted octanol–water partition coefficient (Wildman–Crippen LogP) is 2.71. The van der Waals surface area contributed by atoms with E-state index in [9.17, 15) is 5.11 Å². The van der Waals surface area contributed by atoms with Gasteiger partial charge in [-0.15, -0.1) is 0 Å². The molecule has 4 nitrogen and oxygen atoms in total. The maximum atomic E-state index is 9.94. The minimum atomic E-state index is 0.232. The van der Waals surface area contributed by atoms with E-state index in [0.29, 0.717) is 0 Å². The quantitative estimate of drug-likeness (QED) is 0.707. The van der Waals surface area contributed by atoms with E-state index in [4.69, 9.17) is 0 Å². The second-order valence-corrected chi connectivity index (χ2v) is 4.12. The largest absolute Gasteiger partial charge is 0.507 e. The molecule has 0 unspecified atom stereocenters. The second kappa shape index (κ2) is 4.07. The van der Waals surface area contributed by atoms with Crippen molar-refractivity contribution in [3.05, 3.63) is 48.5 Å².